The Labute approximate surface area is 182 Å². The number of carbonyl (C=O) groups excluding carboxylic acids is 1. The molecule has 4 aromatic rings. The van der Waals surface area contributed by atoms with Gasteiger partial charge in [-0.3, -0.25) is 4.79 Å². The highest BCUT2D eigenvalue weighted by Crippen LogP contribution is 2.33. The topological polar surface area (TPSA) is 56.0 Å². The minimum Gasteiger partial charge on any atom is -0.348 e. The molecule has 1 aliphatic rings. The smallest absolute Gasteiger partial charge is 0.277 e. The summed E-state index contributed by atoms with van der Waals surface area (Å²) in [6, 6.07) is 21.9. The van der Waals surface area contributed by atoms with E-state index >= 15 is 0 Å². The van der Waals surface area contributed by atoms with Gasteiger partial charge < -0.3 is 9.47 Å². The molecule has 1 amide bonds. The van der Waals surface area contributed by atoms with Crippen molar-refractivity contribution >= 4 is 21.8 Å². The number of nitrogens with zero attached hydrogens (tertiary/aromatic N) is 5. The molecule has 7 heteroatoms. The van der Waals surface area contributed by atoms with Crippen molar-refractivity contribution in [2.75, 3.05) is 6.54 Å². The number of fused-ring (bicyclic) bond motifs is 1. The van der Waals surface area contributed by atoms with Crippen molar-refractivity contribution in [3.8, 4) is 5.69 Å². The van der Waals surface area contributed by atoms with E-state index in [2.05, 4.69) is 55.2 Å². The Hall–Kier alpha value is -3.19. The Kier molecular flexibility index (Phi) is 4.75. The fraction of sp³-hybridized carbons (Fsp3) is 0.174. The second-order valence-electron chi connectivity index (χ2n) is 7.35. The molecule has 1 unspecified atom stereocenters. The fourth-order valence-corrected chi connectivity index (χ4v) is 4.49. The first-order valence-electron chi connectivity index (χ1n) is 9.82. The second-order valence-corrected chi connectivity index (χ2v) is 8.27. The molecule has 1 aliphatic heterocycles. The molecule has 30 heavy (non-hydrogen) atoms. The number of hydrogen-bond donors (Lipinski definition) is 0. The number of benzene rings is 2. The third-order valence-corrected chi connectivity index (χ3v) is 6.06. The summed E-state index contributed by atoms with van der Waals surface area (Å²) in [6.45, 7) is 3.26. The van der Waals surface area contributed by atoms with Crippen LogP contribution in [0.25, 0.3) is 5.69 Å². The number of aromatic nitrogens is 4. The van der Waals surface area contributed by atoms with Gasteiger partial charge in [-0.2, -0.15) is 0 Å². The molecule has 0 spiro atoms. The molecular weight excluding hydrogens is 442 g/mol. The van der Waals surface area contributed by atoms with Crippen LogP contribution in [0.5, 0.6) is 0 Å². The van der Waals surface area contributed by atoms with E-state index in [9.17, 15) is 4.79 Å². The van der Waals surface area contributed by atoms with Gasteiger partial charge in [0.15, 0.2) is 5.69 Å². The van der Waals surface area contributed by atoms with Crippen molar-refractivity contribution in [2.24, 2.45) is 0 Å². The molecule has 0 saturated carbocycles. The van der Waals surface area contributed by atoms with E-state index in [1.54, 1.807) is 4.68 Å². The van der Waals surface area contributed by atoms with Gasteiger partial charge in [-0.05, 0) is 42.8 Å². The predicted octanol–water partition coefficient (Wildman–Crippen LogP) is 4.39. The molecule has 0 N–H and O–H groups in total. The summed E-state index contributed by atoms with van der Waals surface area (Å²) in [6.07, 6.45) is 2.07. The first-order chi connectivity index (χ1) is 14.6. The van der Waals surface area contributed by atoms with Crippen LogP contribution in [0.15, 0.2) is 77.4 Å². The van der Waals surface area contributed by atoms with Gasteiger partial charge in [-0.25, -0.2) is 4.68 Å². The van der Waals surface area contributed by atoms with Gasteiger partial charge in [0.1, 0.15) is 0 Å². The average Bonchev–Trinajstić information content (AvgIpc) is 3.39. The van der Waals surface area contributed by atoms with Gasteiger partial charge in [0.05, 0.1) is 17.4 Å². The molecular formula is C23H20BrN5O. The van der Waals surface area contributed by atoms with Crippen molar-refractivity contribution in [1.29, 1.82) is 0 Å². The number of hydrogen-bond acceptors (Lipinski definition) is 3. The summed E-state index contributed by atoms with van der Waals surface area (Å²) >= 11 is 3.49. The molecule has 6 nitrogen and oxygen atoms in total. The van der Waals surface area contributed by atoms with Crippen LogP contribution in [0.4, 0.5) is 0 Å². The Balaban J connectivity index is 1.55. The average molecular weight is 462 g/mol. The minimum absolute atomic E-state index is 0.102. The highest BCUT2D eigenvalue weighted by Gasteiger charge is 2.34. The highest BCUT2D eigenvalue weighted by molar-refractivity contribution is 9.10. The first-order valence-corrected chi connectivity index (χ1v) is 10.6. The standard InChI is InChI=1S/C23H20BrN5O/c1-16-21(25-26-29(16)19-10-5-9-18(24)15-19)23(30)28-14-13-27-12-6-11-20(27)22(28)17-7-3-2-4-8-17/h2-12,15,22H,13-14H2,1H3. The normalized spacial score (nSPS) is 15.8. The van der Waals surface area contributed by atoms with Gasteiger partial charge in [0, 0.05) is 29.5 Å². The van der Waals surface area contributed by atoms with Crippen LogP contribution in [-0.4, -0.2) is 36.9 Å². The van der Waals surface area contributed by atoms with Gasteiger partial charge in [0.25, 0.3) is 5.91 Å². The monoisotopic (exact) mass is 461 g/mol. The zero-order valence-corrected chi connectivity index (χ0v) is 18.0. The lowest BCUT2D eigenvalue weighted by molar-refractivity contribution is 0.0657. The van der Waals surface area contributed by atoms with Crippen LogP contribution in [0.3, 0.4) is 0 Å². The van der Waals surface area contributed by atoms with Crippen LogP contribution >= 0.6 is 15.9 Å². The van der Waals surface area contributed by atoms with Crippen LogP contribution in [0.1, 0.15) is 33.5 Å². The number of rotatable bonds is 3. The van der Waals surface area contributed by atoms with Crippen molar-refractivity contribution in [1.82, 2.24) is 24.5 Å². The van der Waals surface area contributed by atoms with E-state index in [0.717, 1.165) is 33.7 Å². The molecule has 0 saturated heterocycles. The van der Waals surface area contributed by atoms with Crippen LogP contribution in [0, 0.1) is 6.92 Å². The lowest BCUT2D eigenvalue weighted by Crippen LogP contribution is -2.42. The molecule has 0 aliphatic carbocycles. The van der Waals surface area contributed by atoms with E-state index < -0.39 is 0 Å². The number of carbonyl (C=O) groups is 1. The molecule has 1 atom stereocenters. The third kappa shape index (κ3) is 3.15. The van der Waals surface area contributed by atoms with Crippen molar-refractivity contribution in [2.45, 2.75) is 19.5 Å². The summed E-state index contributed by atoms with van der Waals surface area (Å²) in [4.78, 5) is 15.5. The lowest BCUT2D eigenvalue weighted by atomic mass is 9.99. The SMILES string of the molecule is Cc1c(C(=O)N2CCn3cccc3C2c2ccccc2)nnn1-c1cccc(Br)c1. The largest absolute Gasteiger partial charge is 0.348 e. The summed E-state index contributed by atoms with van der Waals surface area (Å²) in [5, 5.41) is 8.54. The number of halogens is 1. The maximum absolute atomic E-state index is 13.6. The molecule has 150 valence electrons. The molecule has 0 radical (unpaired) electrons. The summed E-state index contributed by atoms with van der Waals surface area (Å²) in [5.74, 6) is -0.102. The van der Waals surface area contributed by atoms with E-state index in [1.165, 1.54) is 0 Å². The zero-order chi connectivity index (χ0) is 20.7. The van der Waals surface area contributed by atoms with E-state index in [0.29, 0.717) is 12.2 Å². The van der Waals surface area contributed by atoms with Crippen LogP contribution in [-0.2, 0) is 6.54 Å². The van der Waals surface area contributed by atoms with E-state index in [4.69, 9.17) is 0 Å². The Morgan fingerprint density at radius 3 is 2.67 bits per heavy atom. The van der Waals surface area contributed by atoms with Gasteiger partial charge in [-0.15, -0.1) is 5.10 Å². The Morgan fingerprint density at radius 1 is 1.03 bits per heavy atom. The highest BCUT2D eigenvalue weighted by atomic mass is 79.9. The third-order valence-electron chi connectivity index (χ3n) is 5.56. The lowest BCUT2D eigenvalue weighted by Gasteiger charge is -2.37. The molecule has 3 heterocycles. The molecule has 2 aromatic carbocycles. The summed E-state index contributed by atoms with van der Waals surface area (Å²) in [5.41, 5.74) is 4.17. The fourth-order valence-electron chi connectivity index (χ4n) is 4.10. The van der Waals surface area contributed by atoms with Crippen molar-refractivity contribution < 1.29 is 4.79 Å². The van der Waals surface area contributed by atoms with Crippen LogP contribution in [0.2, 0.25) is 0 Å². The summed E-state index contributed by atoms with van der Waals surface area (Å²) in [7, 11) is 0. The van der Waals surface area contributed by atoms with E-state index in [1.807, 2.05) is 60.4 Å². The summed E-state index contributed by atoms with van der Waals surface area (Å²) < 4.78 is 4.87. The Bertz CT molecular complexity index is 1210. The zero-order valence-electron chi connectivity index (χ0n) is 16.4. The molecule has 5 rings (SSSR count). The maximum Gasteiger partial charge on any atom is 0.277 e. The molecule has 0 bridgehead atoms. The Morgan fingerprint density at radius 2 is 1.87 bits per heavy atom. The molecule has 0 fully saturated rings. The van der Waals surface area contributed by atoms with Gasteiger partial charge in [-0.1, -0.05) is 57.5 Å². The van der Waals surface area contributed by atoms with Crippen molar-refractivity contribution in [3.63, 3.8) is 0 Å². The number of amides is 1. The quantitative estimate of drug-likeness (QED) is 0.454. The van der Waals surface area contributed by atoms with Crippen LogP contribution < -0.4 is 0 Å². The van der Waals surface area contributed by atoms with Gasteiger partial charge >= 0.3 is 0 Å². The van der Waals surface area contributed by atoms with E-state index in [-0.39, 0.29) is 11.9 Å². The maximum atomic E-state index is 13.6. The van der Waals surface area contributed by atoms with Crippen molar-refractivity contribution in [3.05, 3.63) is 100 Å². The van der Waals surface area contributed by atoms with Gasteiger partial charge in [0.2, 0.25) is 0 Å². The predicted molar refractivity (Wildman–Crippen MR) is 118 cm³/mol. The molecule has 2 aromatic heterocycles. The first kappa shape index (κ1) is 18.8. The minimum atomic E-state index is -0.155. The second kappa shape index (κ2) is 7.57.